The van der Waals surface area contributed by atoms with Crippen LogP contribution in [0.2, 0.25) is 0 Å². The van der Waals surface area contributed by atoms with Crippen LogP contribution in [0.15, 0.2) is 0 Å². The number of esters is 1. The summed E-state index contributed by atoms with van der Waals surface area (Å²) >= 11 is 0. The number of carboxylic acids is 1. The van der Waals surface area contributed by atoms with Crippen LogP contribution in [-0.2, 0) is 19.1 Å². The maximum absolute atomic E-state index is 11.5. The fourth-order valence-electron chi connectivity index (χ4n) is 1.16. The summed E-state index contributed by atoms with van der Waals surface area (Å²) in [5.74, 6) is -2.82. The quantitative estimate of drug-likeness (QED) is 0.300. The zero-order valence-electron chi connectivity index (χ0n) is 10.8. The first-order valence-electron chi connectivity index (χ1n) is 5.97. The standard InChI is InChI=1S/C11H20N2O6/c1-2-3-4-19-11(18)8(6-14)13-10(17)7(12)5-9(15)16/h7-8,14H,2-6,12H2,1H3,(H,13,17)(H,15,16)/t7-,8-/m0/s1. The Morgan fingerprint density at radius 1 is 1.37 bits per heavy atom. The Morgan fingerprint density at radius 2 is 2.00 bits per heavy atom. The van der Waals surface area contributed by atoms with Crippen molar-refractivity contribution in [3.05, 3.63) is 0 Å². The Morgan fingerprint density at radius 3 is 2.47 bits per heavy atom. The molecule has 0 spiro atoms. The summed E-state index contributed by atoms with van der Waals surface area (Å²) in [6.45, 7) is 1.48. The van der Waals surface area contributed by atoms with Crippen molar-refractivity contribution < 1.29 is 29.3 Å². The fourth-order valence-corrected chi connectivity index (χ4v) is 1.16. The van der Waals surface area contributed by atoms with E-state index in [4.69, 9.17) is 20.7 Å². The SMILES string of the molecule is CCCCOC(=O)[C@H](CO)NC(=O)[C@@H](N)CC(=O)O. The Labute approximate surface area is 110 Å². The number of aliphatic hydroxyl groups is 1. The normalized spacial score (nSPS) is 13.4. The van der Waals surface area contributed by atoms with E-state index in [0.717, 1.165) is 6.42 Å². The highest BCUT2D eigenvalue weighted by Gasteiger charge is 2.25. The lowest BCUT2D eigenvalue weighted by molar-refractivity contribution is -0.149. The zero-order valence-corrected chi connectivity index (χ0v) is 10.8. The number of carboxylic acid groups (broad SMARTS) is 1. The summed E-state index contributed by atoms with van der Waals surface area (Å²) in [4.78, 5) is 33.3. The second kappa shape index (κ2) is 9.29. The summed E-state index contributed by atoms with van der Waals surface area (Å²) < 4.78 is 4.83. The largest absolute Gasteiger partial charge is 0.481 e. The molecular weight excluding hydrogens is 256 g/mol. The van der Waals surface area contributed by atoms with E-state index < -0.39 is 43.0 Å². The van der Waals surface area contributed by atoms with Crippen LogP contribution in [-0.4, -0.2) is 53.4 Å². The molecule has 0 radical (unpaired) electrons. The molecule has 19 heavy (non-hydrogen) atoms. The van der Waals surface area contributed by atoms with Gasteiger partial charge in [-0.25, -0.2) is 4.79 Å². The summed E-state index contributed by atoms with van der Waals surface area (Å²) in [6, 6.07) is -2.51. The lowest BCUT2D eigenvalue weighted by Crippen LogP contribution is -2.51. The predicted molar refractivity (Wildman–Crippen MR) is 65.1 cm³/mol. The van der Waals surface area contributed by atoms with Crippen molar-refractivity contribution in [2.24, 2.45) is 5.73 Å². The van der Waals surface area contributed by atoms with E-state index in [2.05, 4.69) is 5.32 Å². The Balaban J connectivity index is 4.26. The van der Waals surface area contributed by atoms with E-state index in [9.17, 15) is 14.4 Å². The van der Waals surface area contributed by atoms with Gasteiger partial charge in [0.1, 0.15) is 0 Å². The first kappa shape index (κ1) is 17.3. The maximum atomic E-state index is 11.5. The van der Waals surface area contributed by atoms with Gasteiger partial charge >= 0.3 is 11.9 Å². The number of carbonyl (C=O) groups excluding carboxylic acids is 2. The van der Waals surface area contributed by atoms with Gasteiger partial charge < -0.3 is 26.0 Å². The molecule has 5 N–H and O–H groups in total. The minimum Gasteiger partial charge on any atom is -0.481 e. The van der Waals surface area contributed by atoms with Gasteiger partial charge in [-0.15, -0.1) is 0 Å². The lowest BCUT2D eigenvalue weighted by atomic mass is 10.2. The summed E-state index contributed by atoms with van der Waals surface area (Å²) in [5.41, 5.74) is 5.32. The van der Waals surface area contributed by atoms with Gasteiger partial charge in [-0.05, 0) is 6.42 Å². The van der Waals surface area contributed by atoms with Crippen LogP contribution in [0.4, 0.5) is 0 Å². The number of rotatable bonds is 9. The number of aliphatic carboxylic acids is 1. The van der Waals surface area contributed by atoms with E-state index in [0.29, 0.717) is 6.42 Å². The minimum atomic E-state index is -1.28. The molecule has 0 aromatic heterocycles. The number of ether oxygens (including phenoxy) is 1. The molecular formula is C11H20N2O6. The molecule has 0 saturated heterocycles. The monoisotopic (exact) mass is 276 g/mol. The van der Waals surface area contributed by atoms with Crippen molar-refractivity contribution >= 4 is 17.8 Å². The zero-order chi connectivity index (χ0) is 14.8. The molecule has 2 atom stereocenters. The molecule has 0 bridgehead atoms. The number of amides is 1. The molecule has 1 amide bonds. The number of unbranched alkanes of at least 4 members (excludes halogenated alkanes) is 1. The van der Waals surface area contributed by atoms with Gasteiger partial charge in [-0.2, -0.15) is 0 Å². The van der Waals surface area contributed by atoms with Crippen molar-refractivity contribution in [2.75, 3.05) is 13.2 Å². The van der Waals surface area contributed by atoms with E-state index in [-0.39, 0.29) is 6.61 Å². The molecule has 0 aromatic rings. The van der Waals surface area contributed by atoms with E-state index >= 15 is 0 Å². The molecule has 110 valence electrons. The van der Waals surface area contributed by atoms with Gasteiger partial charge in [0.2, 0.25) is 5.91 Å². The smallest absolute Gasteiger partial charge is 0.331 e. The van der Waals surface area contributed by atoms with Crippen molar-refractivity contribution in [3.8, 4) is 0 Å². The molecule has 0 unspecified atom stereocenters. The highest BCUT2D eigenvalue weighted by atomic mass is 16.5. The third-order valence-electron chi connectivity index (χ3n) is 2.26. The van der Waals surface area contributed by atoms with Gasteiger partial charge in [-0.3, -0.25) is 9.59 Å². The Hall–Kier alpha value is -1.67. The third-order valence-corrected chi connectivity index (χ3v) is 2.26. The number of hydrogen-bond acceptors (Lipinski definition) is 6. The van der Waals surface area contributed by atoms with Crippen molar-refractivity contribution in [1.82, 2.24) is 5.32 Å². The average molecular weight is 276 g/mol. The molecule has 0 aliphatic carbocycles. The highest BCUT2D eigenvalue weighted by molar-refractivity contribution is 5.89. The molecule has 0 saturated carbocycles. The molecule has 0 fully saturated rings. The molecule has 0 aliphatic heterocycles. The molecule has 8 heteroatoms. The van der Waals surface area contributed by atoms with Crippen LogP contribution in [0.3, 0.4) is 0 Å². The first-order valence-corrected chi connectivity index (χ1v) is 5.97. The number of aliphatic hydroxyl groups excluding tert-OH is 1. The first-order chi connectivity index (χ1) is 8.92. The van der Waals surface area contributed by atoms with E-state index in [1.54, 1.807) is 0 Å². The van der Waals surface area contributed by atoms with Crippen LogP contribution in [0, 0.1) is 0 Å². The molecule has 0 aliphatic rings. The number of carbonyl (C=O) groups is 3. The van der Waals surface area contributed by atoms with Gasteiger partial charge in [-0.1, -0.05) is 13.3 Å². The van der Waals surface area contributed by atoms with Gasteiger partial charge in [0.15, 0.2) is 6.04 Å². The lowest BCUT2D eigenvalue weighted by Gasteiger charge is -2.17. The van der Waals surface area contributed by atoms with Gasteiger partial charge in [0.05, 0.1) is 25.7 Å². The van der Waals surface area contributed by atoms with Crippen molar-refractivity contribution in [1.29, 1.82) is 0 Å². The second-order valence-electron chi connectivity index (χ2n) is 3.97. The summed E-state index contributed by atoms with van der Waals surface area (Å²) in [6.07, 6.45) is 0.956. The molecule has 0 rings (SSSR count). The Kier molecular flexibility index (Phi) is 8.47. The third kappa shape index (κ3) is 7.37. The average Bonchev–Trinajstić information content (AvgIpc) is 2.34. The van der Waals surface area contributed by atoms with Gasteiger partial charge in [0, 0.05) is 0 Å². The van der Waals surface area contributed by atoms with Crippen LogP contribution in [0.1, 0.15) is 26.2 Å². The van der Waals surface area contributed by atoms with Crippen LogP contribution < -0.4 is 11.1 Å². The number of nitrogens with two attached hydrogens (primary N) is 1. The predicted octanol–water partition coefficient (Wildman–Crippen LogP) is -1.39. The van der Waals surface area contributed by atoms with Crippen molar-refractivity contribution in [2.45, 2.75) is 38.3 Å². The molecule has 0 aromatic carbocycles. The van der Waals surface area contributed by atoms with Crippen LogP contribution >= 0.6 is 0 Å². The van der Waals surface area contributed by atoms with Crippen LogP contribution in [0.25, 0.3) is 0 Å². The number of nitrogens with one attached hydrogen (secondary N) is 1. The van der Waals surface area contributed by atoms with Crippen molar-refractivity contribution in [3.63, 3.8) is 0 Å². The fraction of sp³-hybridized carbons (Fsp3) is 0.727. The molecule has 0 heterocycles. The Bertz CT molecular complexity index is 320. The van der Waals surface area contributed by atoms with Gasteiger partial charge in [0.25, 0.3) is 0 Å². The number of hydrogen-bond donors (Lipinski definition) is 4. The van der Waals surface area contributed by atoms with E-state index in [1.807, 2.05) is 6.92 Å². The summed E-state index contributed by atoms with van der Waals surface area (Å²) in [7, 11) is 0. The summed E-state index contributed by atoms with van der Waals surface area (Å²) in [5, 5.41) is 19.6. The van der Waals surface area contributed by atoms with E-state index in [1.165, 1.54) is 0 Å². The second-order valence-corrected chi connectivity index (χ2v) is 3.97. The highest BCUT2D eigenvalue weighted by Crippen LogP contribution is 1.95. The maximum Gasteiger partial charge on any atom is 0.331 e. The minimum absolute atomic E-state index is 0.197. The van der Waals surface area contributed by atoms with Crippen LogP contribution in [0.5, 0.6) is 0 Å². The molecule has 8 nitrogen and oxygen atoms in total. The topological polar surface area (TPSA) is 139 Å².